The Bertz CT molecular complexity index is 748. The van der Waals surface area contributed by atoms with Crippen molar-refractivity contribution in [2.24, 2.45) is 0 Å². The number of carbonyl (C=O) groups is 1. The Morgan fingerprint density at radius 2 is 1.90 bits per heavy atom. The number of rotatable bonds is 3. The summed E-state index contributed by atoms with van der Waals surface area (Å²) in [5.41, 5.74) is 7.07. The largest absolute Gasteiger partial charge is 0.394 e. The highest BCUT2D eigenvalue weighted by atomic mass is 32.2. The number of nitrogens with two attached hydrogens (primary N) is 1. The highest BCUT2D eigenvalue weighted by Crippen LogP contribution is 2.19. The van der Waals surface area contributed by atoms with Gasteiger partial charge in [-0.3, -0.25) is 9.89 Å². The lowest BCUT2D eigenvalue weighted by molar-refractivity contribution is 0.102. The molecule has 0 aliphatic carbocycles. The second kappa shape index (κ2) is 4.97. The van der Waals surface area contributed by atoms with E-state index < -0.39 is 15.7 Å². The van der Waals surface area contributed by atoms with E-state index in [-0.39, 0.29) is 10.7 Å². The van der Waals surface area contributed by atoms with Gasteiger partial charge in [-0.05, 0) is 31.2 Å². The fourth-order valence-electron chi connectivity index (χ4n) is 1.57. The predicted octanol–water partition coefficient (Wildman–Crippen LogP) is 0.956. The number of aromatic amines is 1. The number of aromatic nitrogens is 2. The Morgan fingerprint density at radius 3 is 2.35 bits per heavy atom. The lowest BCUT2D eigenvalue weighted by Crippen LogP contribution is -2.13. The van der Waals surface area contributed by atoms with Gasteiger partial charge in [0.15, 0.2) is 15.7 Å². The summed E-state index contributed by atoms with van der Waals surface area (Å²) in [6.07, 6.45) is 1.11. The van der Waals surface area contributed by atoms with Crippen molar-refractivity contribution in [2.75, 3.05) is 17.3 Å². The van der Waals surface area contributed by atoms with Crippen LogP contribution in [-0.2, 0) is 9.84 Å². The van der Waals surface area contributed by atoms with Gasteiger partial charge in [0, 0.05) is 11.8 Å². The molecule has 106 valence electrons. The van der Waals surface area contributed by atoms with Crippen LogP contribution in [0.15, 0.2) is 29.2 Å². The van der Waals surface area contributed by atoms with Crippen molar-refractivity contribution in [3.05, 3.63) is 35.5 Å². The van der Waals surface area contributed by atoms with Crippen LogP contribution in [0.4, 0.5) is 11.5 Å². The van der Waals surface area contributed by atoms with Gasteiger partial charge in [-0.2, -0.15) is 5.10 Å². The number of hydrogen-bond donors (Lipinski definition) is 3. The standard InChI is InChI=1S/C12H14N4O3S/c1-7-10(13)11(16-15-7)14-12(17)8-3-5-9(6-4-8)20(2,18)19/h3-6H,13H2,1-2H3,(H2,14,15,16,17). The molecule has 0 aliphatic heterocycles. The number of sulfone groups is 1. The van der Waals surface area contributed by atoms with Gasteiger partial charge in [-0.15, -0.1) is 0 Å². The molecule has 8 heteroatoms. The Morgan fingerprint density at radius 1 is 1.30 bits per heavy atom. The third kappa shape index (κ3) is 2.80. The number of nitrogens with one attached hydrogen (secondary N) is 2. The Labute approximate surface area is 116 Å². The minimum atomic E-state index is -3.28. The van der Waals surface area contributed by atoms with Crippen molar-refractivity contribution < 1.29 is 13.2 Å². The molecular weight excluding hydrogens is 280 g/mol. The number of carbonyl (C=O) groups excluding carboxylic acids is 1. The van der Waals surface area contributed by atoms with E-state index in [2.05, 4.69) is 15.5 Å². The lowest BCUT2D eigenvalue weighted by atomic mass is 10.2. The first-order chi connectivity index (χ1) is 9.29. The molecule has 0 saturated heterocycles. The molecule has 0 spiro atoms. The van der Waals surface area contributed by atoms with Gasteiger partial charge < -0.3 is 11.1 Å². The van der Waals surface area contributed by atoms with Crippen molar-refractivity contribution >= 4 is 27.2 Å². The minimum Gasteiger partial charge on any atom is -0.394 e. The Kier molecular flexibility index (Phi) is 3.49. The van der Waals surface area contributed by atoms with Gasteiger partial charge in [0.05, 0.1) is 16.3 Å². The average Bonchev–Trinajstić information content (AvgIpc) is 2.70. The molecule has 20 heavy (non-hydrogen) atoms. The highest BCUT2D eigenvalue weighted by molar-refractivity contribution is 7.90. The van der Waals surface area contributed by atoms with Crippen LogP contribution in [-0.4, -0.2) is 30.8 Å². The van der Waals surface area contributed by atoms with Crippen LogP contribution in [0.3, 0.4) is 0 Å². The number of amides is 1. The molecule has 0 atom stereocenters. The second-order valence-electron chi connectivity index (χ2n) is 4.36. The zero-order valence-corrected chi connectivity index (χ0v) is 11.8. The van der Waals surface area contributed by atoms with Gasteiger partial charge in [0.1, 0.15) is 0 Å². The summed E-state index contributed by atoms with van der Waals surface area (Å²) in [5, 5.41) is 9.06. The van der Waals surface area contributed by atoms with E-state index in [4.69, 9.17) is 5.73 Å². The van der Waals surface area contributed by atoms with Crippen molar-refractivity contribution in [2.45, 2.75) is 11.8 Å². The first kappa shape index (κ1) is 14.1. The van der Waals surface area contributed by atoms with Crippen LogP contribution in [0.25, 0.3) is 0 Å². The molecule has 2 rings (SSSR count). The molecule has 4 N–H and O–H groups in total. The number of aryl methyl sites for hydroxylation is 1. The molecule has 0 aliphatic rings. The van der Waals surface area contributed by atoms with Crippen molar-refractivity contribution in [1.29, 1.82) is 0 Å². The molecule has 0 unspecified atom stereocenters. The molecule has 1 heterocycles. The summed E-state index contributed by atoms with van der Waals surface area (Å²) in [5.74, 6) is -0.164. The van der Waals surface area contributed by atoms with Crippen LogP contribution in [0.2, 0.25) is 0 Å². The topological polar surface area (TPSA) is 118 Å². The molecule has 1 aromatic carbocycles. The molecule has 1 aromatic heterocycles. The minimum absolute atomic E-state index is 0.157. The van der Waals surface area contributed by atoms with Crippen LogP contribution >= 0.6 is 0 Å². The quantitative estimate of drug-likeness (QED) is 0.779. The SMILES string of the molecule is Cc1[nH]nc(NC(=O)c2ccc(S(C)(=O)=O)cc2)c1N. The number of hydrogen-bond acceptors (Lipinski definition) is 5. The monoisotopic (exact) mass is 294 g/mol. The fourth-order valence-corrected chi connectivity index (χ4v) is 2.20. The highest BCUT2D eigenvalue weighted by Gasteiger charge is 2.13. The van der Waals surface area contributed by atoms with Crippen LogP contribution in [0.1, 0.15) is 16.1 Å². The molecule has 0 saturated carbocycles. The maximum Gasteiger partial charge on any atom is 0.256 e. The average molecular weight is 294 g/mol. The Balaban J connectivity index is 2.20. The third-order valence-corrected chi connectivity index (χ3v) is 3.90. The van der Waals surface area contributed by atoms with E-state index in [0.29, 0.717) is 16.9 Å². The summed E-state index contributed by atoms with van der Waals surface area (Å²) >= 11 is 0. The zero-order chi connectivity index (χ0) is 14.9. The van der Waals surface area contributed by atoms with Crippen LogP contribution in [0.5, 0.6) is 0 Å². The summed E-state index contributed by atoms with van der Waals surface area (Å²) in [7, 11) is -3.28. The van der Waals surface area contributed by atoms with Gasteiger partial charge in [-0.25, -0.2) is 8.42 Å². The summed E-state index contributed by atoms with van der Waals surface area (Å²) in [6.45, 7) is 1.74. The first-order valence-electron chi connectivity index (χ1n) is 5.71. The van der Waals surface area contributed by atoms with E-state index in [0.717, 1.165) is 6.26 Å². The number of H-pyrrole nitrogens is 1. The van der Waals surface area contributed by atoms with Crippen LogP contribution in [0, 0.1) is 6.92 Å². The number of benzene rings is 1. The Hall–Kier alpha value is -2.35. The fraction of sp³-hybridized carbons (Fsp3) is 0.167. The summed E-state index contributed by atoms with van der Waals surface area (Å²) < 4.78 is 22.6. The van der Waals surface area contributed by atoms with Crippen LogP contribution < -0.4 is 11.1 Å². The number of anilines is 2. The molecule has 2 aromatic rings. The second-order valence-corrected chi connectivity index (χ2v) is 6.38. The van der Waals surface area contributed by atoms with Gasteiger partial charge in [0.25, 0.3) is 5.91 Å². The van der Waals surface area contributed by atoms with E-state index >= 15 is 0 Å². The maximum atomic E-state index is 12.0. The van der Waals surface area contributed by atoms with Crippen molar-refractivity contribution in [3.8, 4) is 0 Å². The molecule has 1 amide bonds. The maximum absolute atomic E-state index is 12.0. The van der Waals surface area contributed by atoms with E-state index in [1.165, 1.54) is 24.3 Å². The summed E-state index contributed by atoms with van der Waals surface area (Å²) in [4.78, 5) is 12.1. The number of nitrogen functional groups attached to an aromatic ring is 1. The number of nitrogens with zero attached hydrogens (tertiary/aromatic N) is 1. The van der Waals surface area contributed by atoms with E-state index in [1.807, 2.05) is 0 Å². The van der Waals surface area contributed by atoms with E-state index in [9.17, 15) is 13.2 Å². The zero-order valence-electron chi connectivity index (χ0n) is 11.0. The summed E-state index contributed by atoms with van der Waals surface area (Å²) in [6, 6.07) is 5.62. The van der Waals surface area contributed by atoms with Crippen molar-refractivity contribution in [1.82, 2.24) is 10.2 Å². The first-order valence-corrected chi connectivity index (χ1v) is 7.60. The molecule has 7 nitrogen and oxygen atoms in total. The lowest BCUT2D eigenvalue weighted by Gasteiger charge is -2.04. The normalized spacial score (nSPS) is 11.3. The van der Waals surface area contributed by atoms with Crippen molar-refractivity contribution in [3.63, 3.8) is 0 Å². The molecular formula is C12H14N4O3S. The molecule has 0 fully saturated rings. The third-order valence-electron chi connectivity index (χ3n) is 2.77. The predicted molar refractivity (Wildman–Crippen MR) is 75.2 cm³/mol. The van der Waals surface area contributed by atoms with Gasteiger partial charge in [-0.1, -0.05) is 0 Å². The van der Waals surface area contributed by atoms with Gasteiger partial charge >= 0.3 is 0 Å². The van der Waals surface area contributed by atoms with E-state index in [1.54, 1.807) is 6.92 Å². The van der Waals surface area contributed by atoms with Gasteiger partial charge in [0.2, 0.25) is 0 Å². The molecule has 0 radical (unpaired) electrons. The molecule has 0 bridgehead atoms. The smallest absolute Gasteiger partial charge is 0.256 e.